The van der Waals surface area contributed by atoms with Crippen LogP contribution >= 0.6 is 11.3 Å². The number of nitrogens with zero attached hydrogens (tertiary/aromatic N) is 6. The van der Waals surface area contributed by atoms with Gasteiger partial charge >= 0.3 is 6.09 Å². The van der Waals surface area contributed by atoms with Crippen LogP contribution in [0.5, 0.6) is 0 Å². The van der Waals surface area contributed by atoms with Crippen molar-refractivity contribution in [3.05, 3.63) is 30.1 Å². The number of amides is 1. The molecule has 37 heavy (non-hydrogen) atoms. The molecule has 3 aromatic heterocycles. The summed E-state index contributed by atoms with van der Waals surface area (Å²) in [7, 11) is 0. The molecule has 2 saturated heterocycles. The van der Waals surface area contributed by atoms with Crippen LogP contribution in [0.3, 0.4) is 0 Å². The molecule has 1 unspecified atom stereocenters. The van der Waals surface area contributed by atoms with E-state index in [1.54, 1.807) is 11.1 Å². The van der Waals surface area contributed by atoms with Gasteiger partial charge in [-0.15, -0.1) is 0 Å². The van der Waals surface area contributed by atoms with Gasteiger partial charge in [-0.3, -0.25) is 4.90 Å². The SMILES string of the molecule is CC(C)(C)OC(=O)N1CCCC(Nc2nc(CN3CCOCC3)cc(Nc3nc4cccnc4s3)n2)C1. The summed E-state index contributed by atoms with van der Waals surface area (Å²) < 4.78 is 11.1. The van der Waals surface area contributed by atoms with Crippen molar-refractivity contribution in [3.8, 4) is 0 Å². The van der Waals surface area contributed by atoms with Crippen LogP contribution in [0.25, 0.3) is 10.3 Å². The van der Waals surface area contributed by atoms with E-state index in [9.17, 15) is 4.79 Å². The van der Waals surface area contributed by atoms with E-state index in [2.05, 4.69) is 25.5 Å². The molecule has 1 amide bonds. The summed E-state index contributed by atoms with van der Waals surface area (Å²) in [4.78, 5) is 36.2. The molecule has 0 saturated carbocycles. The Bertz CT molecular complexity index is 1190. The fourth-order valence-corrected chi connectivity index (χ4v) is 5.21. The number of hydrogen-bond donors (Lipinski definition) is 2. The highest BCUT2D eigenvalue weighted by Gasteiger charge is 2.28. The van der Waals surface area contributed by atoms with Crippen LogP contribution in [0.2, 0.25) is 0 Å². The van der Waals surface area contributed by atoms with Crippen LogP contribution in [0.15, 0.2) is 24.4 Å². The molecule has 1 atom stereocenters. The van der Waals surface area contributed by atoms with Gasteiger partial charge in [0, 0.05) is 51.0 Å². The Labute approximate surface area is 220 Å². The molecule has 5 rings (SSSR count). The van der Waals surface area contributed by atoms with E-state index in [-0.39, 0.29) is 12.1 Å². The van der Waals surface area contributed by atoms with E-state index in [1.807, 2.05) is 39.0 Å². The Kier molecular flexibility index (Phi) is 7.68. The second kappa shape index (κ2) is 11.1. The van der Waals surface area contributed by atoms with Crippen molar-refractivity contribution in [1.82, 2.24) is 29.7 Å². The molecule has 2 fully saturated rings. The number of ether oxygens (including phenoxy) is 2. The van der Waals surface area contributed by atoms with Crippen LogP contribution in [0.4, 0.5) is 21.7 Å². The lowest BCUT2D eigenvalue weighted by atomic mass is 10.1. The summed E-state index contributed by atoms with van der Waals surface area (Å²) in [5.74, 6) is 1.20. The van der Waals surface area contributed by atoms with Gasteiger partial charge in [-0.05, 0) is 45.7 Å². The number of thiazole rings is 1. The van der Waals surface area contributed by atoms with Crippen LogP contribution in [-0.2, 0) is 16.0 Å². The molecule has 0 spiro atoms. The summed E-state index contributed by atoms with van der Waals surface area (Å²) in [6.07, 6.45) is 3.28. The molecule has 2 aliphatic rings. The highest BCUT2D eigenvalue weighted by molar-refractivity contribution is 7.21. The number of pyridine rings is 1. The highest BCUT2D eigenvalue weighted by atomic mass is 32.1. The second-order valence-corrected chi connectivity index (χ2v) is 11.3. The number of morpholine rings is 1. The maximum atomic E-state index is 12.6. The van der Waals surface area contributed by atoms with Gasteiger partial charge in [0.2, 0.25) is 5.95 Å². The lowest BCUT2D eigenvalue weighted by Crippen LogP contribution is -2.47. The Balaban J connectivity index is 1.33. The number of likely N-dealkylation sites (tertiary alicyclic amines) is 1. The Morgan fingerprint density at radius 3 is 2.84 bits per heavy atom. The first-order chi connectivity index (χ1) is 17.8. The second-order valence-electron chi connectivity index (χ2n) is 10.3. The van der Waals surface area contributed by atoms with E-state index in [1.165, 1.54) is 11.3 Å². The summed E-state index contributed by atoms with van der Waals surface area (Å²) in [6.45, 7) is 10.8. The number of anilines is 3. The first-order valence-corrected chi connectivity index (χ1v) is 13.5. The van der Waals surface area contributed by atoms with Gasteiger partial charge in [-0.2, -0.15) is 4.98 Å². The quantitative estimate of drug-likeness (QED) is 0.490. The monoisotopic (exact) mass is 526 g/mol. The van der Waals surface area contributed by atoms with Crippen molar-refractivity contribution in [2.45, 2.75) is 51.8 Å². The van der Waals surface area contributed by atoms with Crippen LogP contribution in [0.1, 0.15) is 39.3 Å². The number of hydrogen-bond acceptors (Lipinski definition) is 11. The summed E-state index contributed by atoms with van der Waals surface area (Å²) >= 11 is 1.48. The zero-order valence-corrected chi connectivity index (χ0v) is 22.4. The van der Waals surface area contributed by atoms with Gasteiger partial charge in [0.05, 0.1) is 18.9 Å². The van der Waals surface area contributed by atoms with Gasteiger partial charge in [0.1, 0.15) is 21.8 Å². The predicted molar refractivity (Wildman–Crippen MR) is 143 cm³/mol. The summed E-state index contributed by atoms with van der Waals surface area (Å²) in [5, 5.41) is 7.55. The summed E-state index contributed by atoms with van der Waals surface area (Å²) in [6, 6.07) is 5.82. The number of fused-ring (bicyclic) bond motifs is 1. The Hall–Kier alpha value is -3.09. The maximum Gasteiger partial charge on any atom is 0.410 e. The minimum atomic E-state index is -0.523. The van der Waals surface area contributed by atoms with Crippen molar-refractivity contribution < 1.29 is 14.3 Å². The molecule has 12 heteroatoms. The molecule has 0 aromatic carbocycles. The van der Waals surface area contributed by atoms with E-state index < -0.39 is 5.60 Å². The average Bonchev–Trinajstić information content (AvgIpc) is 3.26. The predicted octanol–water partition coefficient (Wildman–Crippen LogP) is 3.87. The van der Waals surface area contributed by atoms with Gasteiger partial charge in [0.25, 0.3) is 0 Å². The van der Waals surface area contributed by atoms with Gasteiger partial charge in [-0.1, -0.05) is 11.3 Å². The van der Waals surface area contributed by atoms with Crippen LogP contribution < -0.4 is 10.6 Å². The molecule has 11 nitrogen and oxygen atoms in total. The van der Waals surface area contributed by atoms with E-state index in [0.717, 1.165) is 60.3 Å². The zero-order chi connectivity index (χ0) is 25.8. The minimum Gasteiger partial charge on any atom is -0.444 e. The molecule has 0 aliphatic carbocycles. The van der Waals surface area contributed by atoms with Crippen molar-refractivity contribution >= 4 is 44.7 Å². The van der Waals surface area contributed by atoms with Crippen molar-refractivity contribution in [2.75, 3.05) is 50.0 Å². The third-order valence-electron chi connectivity index (χ3n) is 6.08. The highest BCUT2D eigenvalue weighted by Crippen LogP contribution is 2.27. The van der Waals surface area contributed by atoms with Gasteiger partial charge in [0.15, 0.2) is 5.13 Å². The third kappa shape index (κ3) is 7.02. The minimum absolute atomic E-state index is 0.0272. The van der Waals surface area contributed by atoms with Crippen LogP contribution in [0, 0.1) is 0 Å². The van der Waals surface area contributed by atoms with Crippen molar-refractivity contribution in [1.29, 1.82) is 0 Å². The Morgan fingerprint density at radius 2 is 2.05 bits per heavy atom. The summed E-state index contributed by atoms with van der Waals surface area (Å²) in [5.41, 5.74) is 1.23. The van der Waals surface area contributed by atoms with Crippen LogP contribution in [-0.4, -0.2) is 86.9 Å². The lowest BCUT2D eigenvalue weighted by Gasteiger charge is -2.34. The van der Waals surface area contributed by atoms with E-state index >= 15 is 0 Å². The molecule has 0 bridgehead atoms. The smallest absolute Gasteiger partial charge is 0.410 e. The Morgan fingerprint density at radius 1 is 1.22 bits per heavy atom. The molecule has 2 aliphatic heterocycles. The van der Waals surface area contributed by atoms with Gasteiger partial charge in [-0.25, -0.2) is 19.7 Å². The number of carbonyl (C=O) groups is 1. The molecule has 5 heterocycles. The topological polar surface area (TPSA) is 118 Å². The molecular weight excluding hydrogens is 492 g/mol. The molecule has 3 aromatic rings. The fraction of sp³-hybridized carbons (Fsp3) is 0.560. The first-order valence-electron chi connectivity index (χ1n) is 12.7. The number of nitrogens with one attached hydrogen (secondary N) is 2. The first kappa shape index (κ1) is 25.6. The fourth-order valence-electron chi connectivity index (χ4n) is 4.40. The maximum absolute atomic E-state index is 12.6. The molecule has 0 radical (unpaired) electrons. The molecular formula is C25H34N8O3S. The van der Waals surface area contributed by atoms with Crippen molar-refractivity contribution in [3.63, 3.8) is 0 Å². The van der Waals surface area contributed by atoms with E-state index in [0.29, 0.717) is 31.4 Å². The number of rotatable bonds is 6. The lowest BCUT2D eigenvalue weighted by molar-refractivity contribution is 0.0206. The normalized spacial score (nSPS) is 19.1. The molecule has 198 valence electrons. The third-order valence-corrected chi connectivity index (χ3v) is 6.97. The van der Waals surface area contributed by atoms with Crippen molar-refractivity contribution in [2.24, 2.45) is 0 Å². The largest absolute Gasteiger partial charge is 0.444 e. The number of piperidine rings is 1. The number of aromatic nitrogens is 4. The number of carbonyl (C=O) groups excluding carboxylic acids is 1. The van der Waals surface area contributed by atoms with Gasteiger partial charge < -0.3 is 25.0 Å². The van der Waals surface area contributed by atoms with E-state index in [4.69, 9.17) is 19.4 Å². The molecule has 2 N–H and O–H groups in total. The standard InChI is InChI=1S/C25H34N8O3S/c1-25(2,3)36-24(34)33-9-5-6-17(16-33)27-22-28-18(15-32-10-12-35-13-11-32)14-20(30-22)31-23-29-19-7-4-8-26-21(19)37-23/h4,7-8,14,17H,5-6,9-13,15-16H2,1-3H3,(H2,27,28,29,30,31). The zero-order valence-electron chi connectivity index (χ0n) is 21.6. The average molecular weight is 527 g/mol.